The largest absolute Gasteiger partial charge is 0.456 e. The van der Waals surface area contributed by atoms with Crippen molar-refractivity contribution in [2.24, 2.45) is 0 Å². The van der Waals surface area contributed by atoms with E-state index in [9.17, 15) is 0 Å². The number of rotatable bonds is 3. The van der Waals surface area contributed by atoms with Crippen molar-refractivity contribution in [3.8, 4) is 56.4 Å². The van der Waals surface area contributed by atoms with Gasteiger partial charge in [0.1, 0.15) is 11.2 Å². The van der Waals surface area contributed by atoms with E-state index >= 15 is 0 Å². The van der Waals surface area contributed by atoms with Gasteiger partial charge in [0.2, 0.25) is 0 Å². The van der Waals surface area contributed by atoms with Crippen molar-refractivity contribution >= 4 is 64.2 Å². The number of furan rings is 1. The van der Waals surface area contributed by atoms with Gasteiger partial charge in [-0.3, -0.25) is 0 Å². The lowest BCUT2D eigenvalue weighted by atomic mass is 9.99. The Hall–Kier alpha value is -6.17. The molecule has 0 radical (unpaired) electrons. The molecule has 5 heteroatoms. The van der Waals surface area contributed by atoms with Crippen molar-refractivity contribution in [1.29, 1.82) is 0 Å². The fraction of sp³-hybridized carbons (Fsp3) is 0. The molecule has 3 heterocycles. The molecule has 0 N–H and O–H groups in total. The Morgan fingerprint density at radius 1 is 0.396 bits per heavy atom. The molecule has 0 saturated heterocycles. The zero-order valence-corrected chi connectivity index (χ0v) is 26.3. The second-order valence-electron chi connectivity index (χ2n) is 12.4. The Labute approximate surface area is 278 Å². The maximum absolute atomic E-state index is 6.57. The molecule has 1 aliphatic carbocycles. The van der Waals surface area contributed by atoms with E-state index in [4.69, 9.17) is 19.4 Å². The molecule has 0 aliphatic heterocycles. The maximum atomic E-state index is 6.57. The van der Waals surface area contributed by atoms with Crippen LogP contribution < -0.4 is 0 Å². The standard InChI is InChI=1S/C43H23N3OS/c1-2-9-25(10-3-1)41-44-42(26-19-20-38-33(21-26)27-13-4-5-18-37(27)48-38)46-43(45-41)30-16-8-17-35-40(30)34-22-31-28-14-6-11-24-12-7-15-29(39(24)28)32(31)23-36(34)47-35/h1-23H. The average Bonchev–Trinajstić information content (AvgIpc) is 3.81. The maximum Gasteiger partial charge on any atom is 0.164 e. The number of hydrogen-bond donors (Lipinski definition) is 0. The summed E-state index contributed by atoms with van der Waals surface area (Å²) in [6, 6.07) is 49.0. The van der Waals surface area contributed by atoms with Crippen LogP contribution in [0.15, 0.2) is 144 Å². The topological polar surface area (TPSA) is 51.8 Å². The van der Waals surface area contributed by atoms with Crippen molar-refractivity contribution < 1.29 is 4.42 Å². The van der Waals surface area contributed by atoms with Crippen molar-refractivity contribution in [3.05, 3.63) is 140 Å². The van der Waals surface area contributed by atoms with Gasteiger partial charge in [-0.05, 0) is 75.5 Å². The van der Waals surface area contributed by atoms with Crippen LogP contribution in [-0.4, -0.2) is 15.0 Å². The second kappa shape index (κ2) is 9.67. The van der Waals surface area contributed by atoms with Crippen LogP contribution in [0.5, 0.6) is 0 Å². The number of aromatic nitrogens is 3. The third-order valence-corrected chi connectivity index (χ3v) is 10.8. The first-order chi connectivity index (χ1) is 23.8. The molecule has 222 valence electrons. The fourth-order valence-electron chi connectivity index (χ4n) is 7.50. The molecule has 0 bridgehead atoms. The number of thiophene rings is 1. The van der Waals surface area contributed by atoms with Crippen LogP contribution in [-0.2, 0) is 0 Å². The predicted octanol–water partition coefficient (Wildman–Crippen LogP) is 11.9. The molecule has 0 amide bonds. The van der Waals surface area contributed by atoms with Gasteiger partial charge in [-0.1, -0.05) is 97.1 Å². The summed E-state index contributed by atoms with van der Waals surface area (Å²) >= 11 is 1.81. The van der Waals surface area contributed by atoms with Gasteiger partial charge in [0.25, 0.3) is 0 Å². The Bertz CT molecular complexity index is 2950. The molecular formula is C43H23N3OS. The number of benzene rings is 7. The molecule has 0 atom stereocenters. The second-order valence-corrected chi connectivity index (χ2v) is 13.4. The van der Waals surface area contributed by atoms with Gasteiger partial charge in [-0.2, -0.15) is 0 Å². The summed E-state index contributed by atoms with van der Waals surface area (Å²) in [5, 5.41) is 7.08. The molecule has 7 aromatic carbocycles. The van der Waals surface area contributed by atoms with E-state index in [0.29, 0.717) is 17.5 Å². The normalized spacial score (nSPS) is 12.2. The predicted molar refractivity (Wildman–Crippen MR) is 198 cm³/mol. The number of nitrogens with zero attached hydrogens (tertiary/aromatic N) is 3. The lowest BCUT2D eigenvalue weighted by Crippen LogP contribution is -2.00. The Morgan fingerprint density at radius 3 is 1.94 bits per heavy atom. The smallest absolute Gasteiger partial charge is 0.164 e. The molecule has 0 unspecified atom stereocenters. The molecule has 11 rings (SSSR count). The van der Waals surface area contributed by atoms with Gasteiger partial charge in [-0.15, -0.1) is 11.3 Å². The highest BCUT2D eigenvalue weighted by molar-refractivity contribution is 7.25. The summed E-state index contributed by atoms with van der Waals surface area (Å²) < 4.78 is 9.10. The number of fused-ring (bicyclic) bond motifs is 9. The van der Waals surface area contributed by atoms with E-state index in [1.807, 2.05) is 53.8 Å². The molecule has 4 nitrogen and oxygen atoms in total. The first kappa shape index (κ1) is 26.0. The summed E-state index contributed by atoms with van der Waals surface area (Å²) in [6.45, 7) is 0. The van der Waals surface area contributed by atoms with Crippen molar-refractivity contribution in [1.82, 2.24) is 15.0 Å². The molecule has 3 aromatic heterocycles. The average molecular weight is 630 g/mol. The molecule has 10 aromatic rings. The zero-order chi connectivity index (χ0) is 31.3. The summed E-state index contributed by atoms with van der Waals surface area (Å²) in [7, 11) is 0. The lowest BCUT2D eigenvalue weighted by molar-refractivity contribution is 0.669. The first-order valence-electron chi connectivity index (χ1n) is 16.0. The van der Waals surface area contributed by atoms with Crippen LogP contribution >= 0.6 is 11.3 Å². The minimum atomic E-state index is 0.619. The van der Waals surface area contributed by atoms with Gasteiger partial charge in [0, 0.05) is 47.6 Å². The van der Waals surface area contributed by atoms with E-state index in [0.717, 1.165) is 38.6 Å². The van der Waals surface area contributed by atoms with E-state index in [1.54, 1.807) is 0 Å². The third-order valence-electron chi connectivity index (χ3n) is 9.66. The highest BCUT2D eigenvalue weighted by atomic mass is 32.1. The summed E-state index contributed by atoms with van der Waals surface area (Å²) in [5.74, 6) is 1.90. The van der Waals surface area contributed by atoms with E-state index < -0.39 is 0 Å². The van der Waals surface area contributed by atoms with Gasteiger partial charge >= 0.3 is 0 Å². The van der Waals surface area contributed by atoms with Crippen LogP contribution in [0.1, 0.15) is 0 Å². The van der Waals surface area contributed by atoms with Crippen molar-refractivity contribution in [2.75, 3.05) is 0 Å². The minimum Gasteiger partial charge on any atom is -0.456 e. The van der Waals surface area contributed by atoms with Gasteiger partial charge in [0.15, 0.2) is 17.5 Å². The zero-order valence-electron chi connectivity index (χ0n) is 25.4. The van der Waals surface area contributed by atoms with Crippen molar-refractivity contribution in [2.45, 2.75) is 0 Å². The van der Waals surface area contributed by atoms with Crippen LogP contribution in [0.3, 0.4) is 0 Å². The van der Waals surface area contributed by atoms with Crippen LogP contribution in [0.25, 0.3) is 109 Å². The van der Waals surface area contributed by atoms with Gasteiger partial charge in [0.05, 0.1) is 0 Å². The minimum absolute atomic E-state index is 0.619. The molecule has 0 spiro atoms. The number of hydrogen-bond acceptors (Lipinski definition) is 5. The lowest BCUT2D eigenvalue weighted by Gasteiger charge is -2.09. The summed E-state index contributed by atoms with van der Waals surface area (Å²) in [5.41, 5.74) is 9.44. The van der Waals surface area contributed by atoms with Gasteiger partial charge < -0.3 is 4.42 Å². The van der Waals surface area contributed by atoms with E-state index in [1.165, 1.54) is 53.2 Å². The monoisotopic (exact) mass is 629 g/mol. The first-order valence-corrected chi connectivity index (χ1v) is 16.8. The Balaban J connectivity index is 1.16. The van der Waals surface area contributed by atoms with Crippen LogP contribution in [0.4, 0.5) is 0 Å². The highest BCUT2D eigenvalue weighted by Gasteiger charge is 2.25. The fourth-order valence-corrected chi connectivity index (χ4v) is 8.59. The highest BCUT2D eigenvalue weighted by Crippen LogP contribution is 2.50. The quantitative estimate of drug-likeness (QED) is 0.195. The Kier molecular flexibility index (Phi) is 5.23. The summed E-state index contributed by atoms with van der Waals surface area (Å²) in [4.78, 5) is 15.3. The Morgan fingerprint density at radius 2 is 1.08 bits per heavy atom. The van der Waals surface area contributed by atoms with Gasteiger partial charge in [-0.25, -0.2) is 15.0 Å². The van der Waals surface area contributed by atoms with E-state index in [-0.39, 0.29) is 0 Å². The van der Waals surface area contributed by atoms with Crippen molar-refractivity contribution in [3.63, 3.8) is 0 Å². The van der Waals surface area contributed by atoms with Crippen LogP contribution in [0, 0.1) is 0 Å². The molecule has 0 saturated carbocycles. The van der Waals surface area contributed by atoms with E-state index in [2.05, 4.69) is 97.1 Å². The summed E-state index contributed by atoms with van der Waals surface area (Å²) in [6.07, 6.45) is 0. The molecule has 1 aliphatic rings. The molecular weight excluding hydrogens is 607 g/mol. The SMILES string of the molecule is c1ccc(-c2nc(-c3ccc4sc5ccccc5c4c3)nc(-c3cccc4oc5cc6c(cc5c34)-c3cccc4cccc-6c34)n2)cc1. The molecule has 48 heavy (non-hydrogen) atoms. The molecule has 0 fully saturated rings. The van der Waals surface area contributed by atoms with Crippen LogP contribution in [0.2, 0.25) is 0 Å². The third kappa shape index (κ3) is 3.68.